The average molecular weight is 406 g/mol. The van der Waals surface area contributed by atoms with Gasteiger partial charge in [-0.05, 0) is 42.9 Å². The molecule has 2 unspecified atom stereocenters. The molecular weight excluding hydrogens is 387 g/mol. The maximum atomic E-state index is 12.3. The maximum absolute atomic E-state index is 12.3. The molecule has 0 saturated heterocycles. The summed E-state index contributed by atoms with van der Waals surface area (Å²) in [5.41, 5.74) is 0.372. The Labute approximate surface area is 160 Å². The zero-order valence-electron chi connectivity index (χ0n) is 14.5. The lowest BCUT2D eigenvalue weighted by molar-refractivity contribution is -0.274. The first kappa shape index (κ1) is 22.6. The third-order valence-electron chi connectivity index (χ3n) is 4.04. The summed E-state index contributed by atoms with van der Waals surface area (Å²) >= 11 is 5.88. The van der Waals surface area contributed by atoms with E-state index in [1.165, 1.54) is 17.0 Å². The number of ether oxygens (including phenoxy) is 1. The van der Waals surface area contributed by atoms with Crippen LogP contribution in [0.3, 0.4) is 0 Å². The number of carbonyl (C=O) groups is 2. The number of benzene rings is 1. The highest BCUT2D eigenvalue weighted by atomic mass is 35.5. The molecule has 27 heavy (non-hydrogen) atoms. The highest BCUT2D eigenvalue weighted by molar-refractivity contribution is 6.32. The first-order valence-electron chi connectivity index (χ1n) is 8.05. The lowest BCUT2D eigenvalue weighted by atomic mass is 9.86. The van der Waals surface area contributed by atoms with Gasteiger partial charge >= 0.3 is 12.3 Å². The second kappa shape index (κ2) is 10.1. The number of halogens is 4. The van der Waals surface area contributed by atoms with Crippen LogP contribution in [0.15, 0.2) is 18.2 Å². The van der Waals surface area contributed by atoms with Gasteiger partial charge in [-0.15, -0.1) is 19.6 Å². The zero-order valence-corrected chi connectivity index (χ0v) is 15.3. The van der Waals surface area contributed by atoms with E-state index in [0.717, 1.165) is 31.7 Å². The van der Waals surface area contributed by atoms with Gasteiger partial charge in [-0.25, -0.2) is 0 Å². The van der Waals surface area contributed by atoms with Crippen molar-refractivity contribution in [2.45, 2.75) is 45.0 Å². The lowest BCUT2D eigenvalue weighted by Gasteiger charge is -2.35. The number of rotatable bonds is 3. The minimum atomic E-state index is -4.84. The van der Waals surface area contributed by atoms with Crippen LogP contribution in [0.2, 0.25) is 5.02 Å². The molecule has 0 bridgehead atoms. The van der Waals surface area contributed by atoms with Crippen molar-refractivity contribution in [3.05, 3.63) is 23.2 Å². The number of hydrogen-bond acceptors (Lipinski definition) is 3. The van der Waals surface area contributed by atoms with Crippen molar-refractivity contribution in [1.82, 2.24) is 0 Å². The van der Waals surface area contributed by atoms with E-state index in [9.17, 15) is 18.0 Å². The zero-order chi connectivity index (χ0) is 20.6. The number of nitrogens with zero attached hydrogens (tertiary/aromatic N) is 1. The van der Waals surface area contributed by atoms with E-state index in [2.05, 4.69) is 17.6 Å². The summed E-state index contributed by atoms with van der Waals surface area (Å²) in [4.78, 5) is 22.0. The van der Waals surface area contributed by atoms with E-state index in [1.54, 1.807) is 0 Å². The molecule has 1 N–H and O–H groups in total. The van der Waals surface area contributed by atoms with Gasteiger partial charge < -0.3 is 9.84 Å². The number of hydrogen-bond donors (Lipinski definition) is 1. The van der Waals surface area contributed by atoms with Crippen LogP contribution in [-0.2, 0) is 9.59 Å². The van der Waals surface area contributed by atoms with Crippen molar-refractivity contribution in [1.29, 1.82) is 0 Å². The molecule has 2 rings (SSSR count). The van der Waals surface area contributed by atoms with Crippen molar-refractivity contribution in [3.8, 4) is 18.1 Å². The molecule has 0 heterocycles. The quantitative estimate of drug-likeness (QED) is 0.594. The maximum Gasteiger partial charge on any atom is 0.573 e. The van der Waals surface area contributed by atoms with Gasteiger partial charge in [0.15, 0.2) is 0 Å². The van der Waals surface area contributed by atoms with Crippen molar-refractivity contribution < 1.29 is 32.6 Å². The minimum absolute atomic E-state index is 0.0947. The fourth-order valence-corrected chi connectivity index (χ4v) is 3.26. The molecule has 1 saturated carbocycles. The fourth-order valence-electron chi connectivity index (χ4n) is 3.05. The summed E-state index contributed by atoms with van der Waals surface area (Å²) in [6, 6.07) is 3.63. The van der Waals surface area contributed by atoms with Crippen LogP contribution in [0.5, 0.6) is 5.75 Å². The van der Waals surface area contributed by atoms with E-state index in [0.29, 0.717) is 11.6 Å². The highest BCUT2D eigenvalue weighted by Gasteiger charge is 2.33. The molecule has 1 aromatic carbocycles. The topological polar surface area (TPSA) is 66.8 Å². The molecule has 1 amide bonds. The molecule has 9 heteroatoms. The summed E-state index contributed by atoms with van der Waals surface area (Å²) in [6.45, 7) is 1.85. The molecule has 2 atom stereocenters. The number of amides is 1. The molecule has 1 fully saturated rings. The monoisotopic (exact) mass is 405 g/mol. The van der Waals surface area contributed by atoms with Gasteiger partial charge in [0.2, 0.25) is 0 Å². The van der Waals surface area contributed by atoms with Gasteiger partial charge in [-0.1, -0.05) is 31.4 Å². The van der Waals surface area contributed by atoms with Crippen LogP contribution in [-0.4, -0.2) is 29.9 Å². The predicted octanol–water partition coefficient (Wildman–Crippen LogP) is 4.48. The van der Waals surface area contributed by atoms with Crippen LogP contribution >= 0.6 is 11.6 Å². The van der Waals surface area contributed by atoms with Crippen molar-refractivity contribution in [2.75, 3.05) is 4.90 Å². The largest absolute Gasteiger partial charge is 0.573 e. The van der Waals surface area contributed by atoms with Crippen molar-refractivity contribution in [3.63, 3.8) is 0 Å². The smallest absolute Gasteiger partial charge is 0.483 e. The molecule has 1 aromatic rings. The van der Waals surface area contributed by atoms with E-state index < -0.39 is 18.0 Å². The number of anilines is 1. The van der Waals surface area contributed by atoms with Gasteiger partial charge in [-0.3, -0.25) is 14.5 Å². The molecule has 1 aliphatic rings. The van der Waals surface area contributed by atoms with E-state index in [1.807, 2.05) is 0 Å². The van der Waals surface area contributed by atoms with E-state index >= 15 is 0 Å². The van der Waals surface area contributed by atoms with Crippen molar-refractivity contribution in [2.24, 2.45) is 5.92 Å². The molecular formula is C18H19ClF3NO4. The summed E-state index contributed by atoms with van der Waals surface area (Å²) in [7, 11) is 0. The summed E-state index contributed by atoms with van der Waals surface area (Å²) in [5.74, 6) is 1.48. The number of carboxylic acid groups (broad SMARTS) is 1. The van der Waals surface area contributed by atoms with Gasteiger partial charge in [0, 0.05) is 11.7 Å². The van der Waals surface area contributed by atoms with Crippen LogP contribution in [0, 0.1) is 18.3 Å². The van der Waals surface area contributed by atoms with Crippen LogP contribution in [0.25, 0.3) is 0 Å². The average Bonchev–Trinajstić information content (AvgIpc) is 2.57. The molecule has 5 nitrogen and oxygen atoms in total. The SMILES string of the molecule is C#CC(=O)N(c1ccc(OC(F)(F)F)c(Cl)c1)C1CCCC(C)C1.O=CO. The third kappa shape index (κ3) is 7.02. The third-order valence-corrected chi connectivity index (χ3v) is 4.33. The number of carbonyl (C=O) groups excluding carboxylic acids is 1. The van der Waals surface area contributed by atoms with E-state index in [-0.39, 0.29) is 17.5 Å². The normalized spacial score (nSPS) is 19.1. The first-order chi connectivity index (χ1) is 12.6. The Morgan fingerprint density at radius 2 is 2.07 bits per heavy atom. The Kier molecular flexibility index (Phi) is 8.44. The van der Waals surface area contributed by atoms with Gasteiger partial charge in [0.1, 0.15) is 5.75 Å². The second-order valence-electron chi connectivity index (χ2n) is 6.01. The standard InChI is InChI=1S/C17H17ClF3NO2.CH2O2/c1-3-16(23)22(12-6-4-5-11(2)9-12)13-7-8-15(14(18)10-13)24-17(19,20)21;2-1-3/h1,7-8,10-12H,4-6,9H2,2H3;1H,(H,2,3). The Morgan fingerprint density at radius 3 is 2.56 bits per heavy atom. The minimum Gasteiger partial charge on any atom is -0.483 e. The number of terminal acetylenes is 1. The highest BCUT2D eigenvalue weighted by Crippen LogP contribution is 2.36. The number of alkyl halides is 3. The Morgan fingerprint density at radius 1 is 1.44 bits per heavy atom. The second-order valence-corrected chi connectivity index (χ2v) is 6.42. The summed E-state index contributed by atoms with van der Waals surface area (Å²) < 4.78 is 40.8. The fraction of sp³-hybridized carbons (Fsp3) is 0.444. The van der Waals surface area contributed by atoms with E-state index in [4.69, 9.17) is 27.9 Å². The predicted molar refractivity (Wildman–Crippen MR) is 94.6 cm³/mol. The van der Waals surface area contributed by atoms with Gasteiger partial charge in [-0.2, -0.15) is 0 Å². The Balaban J connectivity index is 0.00000114. The van der Waals surface area contributed by atoms with Gasteiger partial charge in [0.05, 0.1) is 5.02 Å². The molecule has 1 aliphatic carbocycles. The molecule has 0 spiro atoms. The molecule has 0 aliphatic heterocycles. The first-order valence-corrected chi connectivity index (χ1v) is 8.43. The molecule has 0 aromatic heterocycles. The Hall–Kier alpha value is -2.40. The van der Waals surface area contributed by atoms with Crippen LogP contribution < -0.4 is 9.64 Å². The Bertz CT molecular complexity index is 703. The van der Waals surface area contributed by atoms with Crippen LogP contribution in [0.4, 0.5) is 18.9 Å². The van der Waals surface area contributed by atoms with Crippen LogP contribution in [0.1, 0.15) is 32.6 Å². The molecule has 0 radical (unpaired) electrons. The molecule has 148 valence electrons. The van der Waals surface area contributed by atoms with Gasteiger partial charge in [0.25, 0.3) is 6.47 Å². The summed E-state index contributed by atoms with van der Waals surface area (Å²) in [5, 5.41) is 6.66. The summed E-state index contributed by atoms with van der Waals surface area (Å²) in [6.07, 6.45) is 4.03. The van der Waals surface area contributed by atoms with Crippen molar-refractivity contribution >= 4 is 29.7 Å². The lowest BCUT2D eigenvalue weighted by Crippen LogP contribution is -2.42.